The molecule has 1 N–H and O–H groups in total. The smallest absolute Gasteiger partial charge is 0.240 e. The van der Waals surface area contributed by atoms with Crippen molar-refractivity contribution >= 4 is 33.0 Å². The van der Waals surface area contributed by atoms with Gasteiger partial charge in [0.2, 0.25) is 10.0 Å². The van der Waals surface area contributed by atoms with Gasteiger partial charge in [-0.25, -0.2) is 13.1 Å². The summed E-state index contributed by atoms with van der Waals surface area (Å²) in [5, 5.41) is 4.37. The number of rotatable bonds is 6. The first kappa shape index (κ1) is 18.7. The minimum atomic E-state index is -3.66. The highest BCUT2D eigenvalue weighted by atomic mass is 35.5. The van der Waals surface area contributed by atoms with Gasteiger partial charge in [0.05, 0.1) is 17.0 Å². The van der Waals surface area contributed by atoms with Crippen LogP contribution in [0.3, 0.4) is 0 Å². The molecule has 25 heavy (non-hydrogen) atoms. The number of ether oxygens (including phenoxy) is 2. The van der Waals surface area contributed by atoms with Gasteiger partial charge in [-0.3, -0.25) is 0 Å². The van der Waals surface area contributed by atoms with E-state index in [-0.39, 0.29) is 15.3 Å². The summed E-state index contributed by atoms with van der Waals surface area (Å²) in [6.45, 7) is 1.59. The molecule has 1 aliphatic rings. The third kappa shape index (κ3) is 4.01. The lowest BCUT2D eigenvalue weighted by molar-refractivity contribution is 0.0518. The summed E-state index contributed by atoms with van der Waals surface area (Å²) in [6.07, 6.45) is 1.57. The molecule has 5 nitrogen and oxygen atoms in total. The summed E-state index contributed by atoms with van der Waals surface area (Å²) in [4.78, 5) is 0.130. The van der Waals surface area contributed by atoms with Gasteiger partial charge in [-0.1, -0.05) is 11.6 Å². The third-order valence-electron chi connectivity index (χ3n) is 4.62. The maximum atomic E-state index is 12.7. The normalized spacial score (nSPS) is 17.4. The highest BCUT2D eigenvalue weighted by Gasteiger charge is 2.36. The molecular weight excluding hydrogens is 382 g/mol. The molecule has 0 bridgehead atoms. The second-order valence-electron chi connectivity index (χ2n) is 6.03. The summed E-state index contributed by atoms with van der Waals surface area (Å²) < 4.78 is 38.7. The van der Waals surface area contributed by atoms with Crippen molar-refractivity contribution in [2.45, 2.75) is 23.2 Å². The van der Waals surface area contributed by atoms with Crippen LogP contribution in [-0.4, -0.2) is 35.3 Å². The Kier molecular flexibility index (Phi) is 5.70. The van der Waals surface area contributed by atoms with Crippen molar-refractivity contribution in [1.82, 2.24) is 4.72 Å². The largest absolute Gasteiger partial charge is 0.495 e. The fourth-order valence-electron chi connectivity index (χ4n) is 3.03. The number of hydrogen-bond donors (Lipinski definition) is 1. The van der Waals surface area contributed by atoms with Crippen molar-refractivity contribution in [3.8, 4) is 5.75 Å². The van der Waals surface area contributed by atoms with Gasteiger partial charge in [-0.2, -0.15) is 11.3 Å². The van der Waals surface area contributed by atoms with Crippen LogP contribution in [0.2, 0.25) is 5.02 Å². The van der Waals surface area contributed by atoms with Crippen LogP contribution in [0.5, 0.6) is 5.75 Å². The first-order valence-electron chi connectivity index (χ1n) is 7.90. The number of thiophene rings is 1. The van der Waals surface area contributed by atoms with E-state index >= 15 is 0 Å². The van der Waals surface area contributed by atoms with Crippen LogP contribution in [0.15, 0.2) is 39.9 Å². The van der Waals surface area contributed by atoms with Gasteiger partial charge >= 0.3 is 0 Å². The zero-order valence-electron chi connectivity index (χ0n) is 13.8. The van der Waals surface area contributed by atoms with Crippen molar-refractivity contribution < 1.29 is 17.9 Å². The van der Waals surface area contributed by atoms with Crippen molar-refractivity contribution in [3.05, 3.63) is 45.6 Å². The molecule has 1 aliphatic heterocycles. The molecule has 8 heteroatoms. The number of halogens is 1. The number of hydrogen-bond acceptors (Lipinski definition) is 5. The lowest BCUT2D eigenvalue weighted by atomic mass is 9.75. The summed E-state index contributed by atoms with van der Waals surface area (Å²) in [5.41, 5.74) is 0.929. The second-order valence-corrected chi connectivity index (χ2v) is 8.98. The van der Waals surface area contributed by atoms with Crippen LogP contribution >= 0.6 is 22.9 Å². The molecule has 1 fully saturated rings. The lowest BCUT2D eigenvalue weighted by Gasteiger charge is -2.37. The average molecular weight is 402 g/mol. The van der Waals surface area contributed by atoms with Gasteiger partial charge in [0.1, 0.15) is 5.75 Å². The van der Waals surface area contributed by atoms with Crippen molar-refractivity contribution in [2.75, 3.05) is 26.9 Å². The van der Waals surface area contributed by atoms with Crippen LogP contribution in [-0.2, 0) is 20.2 Å². The van der Waals surface area contributed by atoms with E-state index in [0.29, 0.717) is 25.5 Å². The van der Waals surface area contributed by atoms with Crippen LogP contribution in [0, 0.1) is 0 Å². The topological polar surface area (TPSA) is 64.6 Å². The highest BCUT2D eigenvalue weighted by molar-refractivity contribution is 7.89. The van der Waals surface area contributed by atoms with Crippen LogP contribution in [0.4, 0.5) is 0 Å². The van der Waals surface area contributed by atoms with E-state index in [9.17, 15) is 8.42 Å². The van der Waals surface area contributed by atoms with E-state index in [2.05, 4.69) is 16.2 Å². The molecule has 1 aromatic heterocycles. The van der Waals surface area contributed by atoms with E-state index in [1.807, 2.05) is 5.38 Å². The second kappa shape index (κ2) is 7.63. The van der Waals surface area contributed by atoms with Gasteiger partial charge in [0.15, 0.2) is 0 Å². The molecule has 2 heterocycles. The van der Waals surface area contributed by atoms with E-state index in [0.717, 1.165) is 18.4 Å². The molecule has 2 aromatic rings. The minimum Gasteiger partial charge on any atom is -0.495 e. The Morgan fingerprint density at radius 2 is 2.08 bits per heavy atom. The Morgan fingerprint density at radius 3 is 2.68 bits per heavy atom. The molecule has 0 amide bonds. The molecule has 136 valence electrons. The van der Waals surface area contributed by atoms with Crippen LogP contribution < -0.4 is 9.46 Å². The molecule has 0 radical (unpaired) electrons. The van der Waals surface area contributed by atoms with Gasteiger partial charge in [-0.05, 0) is 53.4 Å². The van der Waals surface area contributed by atoms with Crippen molar-refractivity contribution in [1.29, 1.82) is 0 Å². The maximum absolute atomic E-state index is 12.7. The SMILES string of the molecule is COc1ccc(S(=O)(=O)NCC2(c3ccsc3)CCOCC2)cc1Cl. The maximum Gasteiger partial charge on any atom is 0.240 e. The van der Waals surface area contributed by atoms with Crippen molar-refractivity contribution in [2.24, 2.45) is 0 Å². The highest BCUT2D eigenvalue weighted by Crippen LogP contribution is 2.36. The summed E-state index contributed by atoms with van der Waals surface area (Å²) in [7, 11) is -2.17. The fourth-order valence-corrected chi connectivity index (χ4v) is 5.28. The minimum absolute atomic E-state index is 0.130. The van der Waals surface area contributed by atoms with Gasteiger partial charge in [0.25, 0.3) is 0 Å². The molecule has 1 saturated heterocycles. The Labute approximate surface area is 157 Å². The summed E-state index contributed by atoms with van der Waals surface area (Å²) in [6, 6.07) is 6.52. The zero-order valence-corrected chi connectivity index (χ0v) is 16.2. The predicted molar refractivity (Wildman–Crippen MR) is 99.2 cm³/mol. The Balaban J connectivity index is 1.81. The number of methoxy groups -OCH3 is 1. The molecule has 1 aromatic carbocycles. The zero-order chi connectivity index (χ0) is 17.9. The predicted octanol–water partition coefficient (Wildman–Crippen LogP) is 3.44. The first-order chi connectivity index (χ1) is 12.0. The monoisotopic (exact) mass is 401 g/mol. The molecule has 0 saturated carbocycles. The summed E-state index contributed by atoms with van der Waals surface area (Å²) in [5.74, 6) is 0.444. The lowest BCUT2D eigenvalue weighted by Crippen LogP contribution is -2.44. The first-order valence-corrected chi connectivity index (χ1v) is 10.7. The Morgan fingerprint density at radius 1 is 1.32 bits per heavy atom. The van der Waals surface area contributed by atoms with Crippen LogP contribution in [0.1, 0.15) is 18.4 Å². The molecule has 0 atom stereocenters. The van der Waals surface area contributed by atoms with Gasteiger partial charge < -0.3 is 9.47 Å². The van der Waals surface area contributed by atoms with E-state index in [1.54, 1.807) is 17.4 Å². The van der Waals surface area contributed by atoms with Gasteiger partial charge in [-0.15, -0.1) is 0 Å². The molecule has 0 aliphatic carbocycles. The molecule has 3 rings (SSSR count). The Bertz CT molecular complexity index is 815. The number of nitrogens with one attached hydrogen (secondary N) is 1. The van der Waals surface area contributed by atoms with Gasteiger partial charge in [0, 0.05) is 25.2 Å². The average Bonchev–Trinajstić information content (AvgIpc) is 3.16. The third-order valence-corrected chi connectivity index (χ3v) is 7.00. The van der Waals surface area contributed by atoms with Crippen LogP contribution in [0.25, 0.3) is 0 Å². The summed E-state index contributed by atoms with van der Waals surface area (Å²) >= 11 is 7.68. The molecule has 0 unspecified atom stereocenters. The quantitative estimate of drug-likeness (QED) is 0.805. The number of sulfonamides is 1. The van der Waals surface area contributed by atoms with Crippen molar-refractivity contribution in [3.63, 3.8) is 0 Å². The number of benzene rings is 1. The standard InChI is InChI=1S/C17H20ClNO4S2/c1-22-16-3-2-14(10-15(16)18)25(20,21)19-12-17(5-7-23-8-6-17)13-4-9-24-11-13/h2-4,9-11,19H,5-8,12H2,1H3. The Hall–Kier alpha value is -1.12. The fraction of sp³-hybridized carbons (Fsp3) is 0.412. The van der Waals surface area contributed by atoms with E-state index in [1.165, 1.54) is 19.2 Å². The van der Waals surface area contributed by atoms with E-state index in [4.69, 9.17) is 21.1 Å². The van der Waals surface area contributed by atoms with E-state index < -0.39 is 10.0 Å². The molecular formula is C17H20ClNO4S2. The molecule has 0 spiro atoms.